The summed E-state index contributed by atoms with van der Waals surface area (Å²) in [6.45, 7) is 6.64. The molecule has 0 aromatic heterocycles. The van der Waals surface area contributed by atoms with E-state index in [2.05, 4.69) is 29.1 Å². The number of nitrogen functional groups attached to an aromatic ring is 1. The van der Waals surface area contributed by atoms with Gasteiger partial charge in [0.05, 0.1) is 4.92 Å². The molecule has 0 saturated heterocycles. The molecule has 1 aromatic rings. The second-order valence-electron chi connectivity index (χ2n) is 5.39. The van der Waals surface area contributed by atoms with Crippen molar-refractivity contribution in [1.82, 2.24) is 9.80 Å². The van der Waals surface area contributed by atoms with E-state index in [1.807, 2.05) is 20.2 Å². The second-order valence-corrected chi connectivity index (χ2v) is 5.39. The summed E-state index contributed by atoms with van der Waals surface area (Å²) in [6, 6.07) is 5.36. The molecule has 118 valence electrons. The van der Waals surface area contributed by atoms with Gasteiger partial charge < -0.3 is 10.3 Å². The molecule has 0 aliphatic rings. The minimum absolute atomic E-state index is 0.00585. The molecule has 0 fully saturated rings. The molecule has 0 amide bonds. The van der Waals surface area contributed by atoms with Crippen molar-refractivity contribution in [3.05, 3.63) is 33.9 Å². The highest BCUT2D eigenvalue weighted by atomic mass is 16.6. The maximum Gasteiger partial charge on any atom is 0.293 e. The van der Waals surface area contributed by atoms with E-state index in [1.54, 1.807) is 6.07 Å². The summed E-state index contributed by atoms with van der Waals surface area (Å²) < 4.78 is 0. The number of para-hydroxylation sites is 1. The first-order chi connectivity index (χ1) is 9.90. The van der Waals surface area contributed by atoms with E-state index in [0.29, 0.717) is 18.3 Å². The van der Waals surface area contributed by atoms with Crippen LogP contribution in [-0.4, -0.2) is 47.9 Å². The van der Waals surface area contributed by atoms with Crippen LogP contribution < -0.4 is 11.3 Å². The standard InChI is InChI=1S/C14H25N5O2/c1-5-18(11(2)9-17(3)4)10-12-7-6-8-13(19(20)21)14(12)16-15/h6-8,11,16H,5,9-10,15H2,1-4H3. The minimum atomic E-state index is -0.418. The Kier molecular flexibility index (Phi) is 6.54. The summed E-state index contributed by atoms with van der Waals surface area (Å²) in [7, 11) is 4.06. The third kappa shape index (κ3) is 4.66. The van der Waals surface area contributed by atoms with Crippen LogP contribution in [-0.2, 0) is 6.54 Å². The Morgan fingerprint density at radius 1 is 1.43 bits per heavy atom. The van der Waals surface area contributed by atoms with Gasteiger partial charge in [-0.2, -0.15) is 0 Å². The molecule has 3 N–H and O–H groups in total. The molecule has 1 unspecified atom stereocenters. The van der Waals surface area contributed by atoms with E-state index in [0.717, 1.165) is 18.7 Å². The van der Waals surface area contributed by atoms with Gasteiger partial charge in [-0.1, -0.05) is 19.1 Å². The summed E-state index contributed by atoms with van der Waals surface area (Å²) in [4.78, 5) is 15.0. The average molecular weight is 295 g/mol. The van der Waals surface area contributed by atoms with E-state index in [1.165, 1.54) is 6.07 Å². The number of nitrogens with two attached hydrogens (primary N) is 1. The third-order valence-electron chi connectivity index (χ3n) is 3.50. The predicted octanol–water partition coefficient (Wildman–Crippen LogP) is 1.65. The molecule has 0 heterocycles. The van der Waals surface area contributed by atoms with E-state index in [-0.39, 0.29) is 5.69 Å². The summed E-state index contributed by atoms with van der Waals surface area (Å²) >= 11 is 0. The molecular formula is C14H25N5O2. The highest BCUT2D eigenvalue weighted by molar-refractivity contribution is 5.65. The van der Waals surface area contributed by atoms with Crippen LogP contribution in [0.2, 0.25) is 0 Å². The number of hydrogen-bond donors (Lipinski definition) is 2. The van der Waals surface area contributed by atoms with Gasteiger partial charge in [0.1, 0.15) is 5.69 Å². The molecule has 0 aliphatic heterocycles. The smallest absolute Gasteiger partial charge is 0.293 e. The van der Waals surface area contributed by atoms with Crippen molar-refractivity contribution >= 4 is 11.4 Å². The van der Waals surface area contributed by atoms with Gasteiger partial charge in [-0.3, -0.25) is 20.9 Å². The largest absolute Gasteiger partial charge is 0.318 e. The zero-order chi connectivity index (χ0) is 16.0. The lowest BCUT2D eigenvalue weighted by Crippen LogP contribution is -2.39. The Balaban J connectivity index is 2.99. The van der Waals surface area contributed by atoms with Crippen LogP contribution >= 0.6 is 0 Å². The zero-order valence-electron chi connectivity index (χ0n) is 13.2. The van der Waals surface area contributed by atoms with E-state index in [4.69, 9.17) is 5.84 Å². The first-order valence-electron chi connectivity index (χ1n) is 7.02. The number of nitro benzene ring substituents is 1. The van der Waals surface area contributed by atoms with Gasteiger partial charge in [0.2, 0.25) is 0 Å². The summed E-state index contributed by atoms with van der Waals surface area (Å²) in [5, 5.41) is 11.1. The molecular weight excluding hydrogens is 270 g/mol. The van der Waals surface area contributed by atoms with E-state index < -0.39 is 4.92 Å². The Morgan fingerprint density at radius 3 is 2.57 bits per heavy atom. The monoisotopic (exact) mass is 295 g/mol. The van der Waals surface area contributed by atoms with Crippen molar-refractivity contribution in [2.45, 2.75) is 26.4 Å². The normalized spacial score (nSPS) is 12.7. The quantitative estimate of drug-likeness (QED) is 0.431. The number of nitro groups is 1. The molecule has 1 rings (SSSR count). The van der Waals surface area contributed by atoms with Crippen LogP contribution in [0.4, 0.5) is 11.4 Å². The Labute approximate surface area is 125 Å². The second kappa shape index (κ2) is 7.92. The van der Waals surface area contributed by atoms with Gasteiger partial charge in [0, 0.05) is 25.2 Å². The summed E-state index contributed by atoms with van der Waals surface area (Å²) in [6.07, 6.45) is 0. The van der Waals surface area contributed by atoms with E-state index in [9.17, 15) is 10.1 Å². The van der Waals surface area contributed by atoms with Crippen molar-refractivity contribution in [1.29, 1.82) is 0 Å². The molecule has 1 aromatic carbocycles. The fourth-order valence-electron chi connectivity index (χ4n) is 2.48. The van der Waals surface area contributed by atoms with Crippen LogP contribution in [0.25, 0.3) is 0 Å². The van der Waals surface area contributed by atoms with Gasteiger partial charge >= 0.3 is 0 Å². The predicted molar refractivity (Wildman–Crippen MR) is 85.0 cm³/mol. The molecule has 7 heteroatoms. The van der Waals surface area contributed by atoms with Crippen molar-refractivity contribution in [3.63, 3.8) is 0 Å². The maximum absolute atomic E-state index is 11.1. The molecule has 1 atom stereocenters. The Morgan fingerprint density at radius 2 is 2.10 bits per heavy atom. The van der Waals surface area contributed by atoms with Crippen LogP contribution in [0, 0.1) is 10.1 Å². The number of anilines is 1. The van der Waals surface area contributed by atoms with Crippen LogP contribution in [0.15, 0.2) is 18.2 Å². The Bertz CT molecular complexity index is 478. The molecule has 21 heavy (non-hydrogen) atoms. The highest BCUT2D eigenvalue weighted by Gasteiger charge is 2.20. The number of benzene rings is 1. The average Bonchev–Trinajstić information content (AvgIpc) is 2.43. The molecule has 0 bridgehead atoms. The number of rotatable bonds is 8. The summed E-state index contributed by atoms with van der Waals surface area (Å²) in [5.74, 6) is 5.48. The lowest BCUT2D eigenvalue weighted by atomic mass is 10.1. The SMILES string of the molecule is CCN(Cc1cccc([N+](=O)[O-])c1NN)C(C)CN(C)C. The highest BCUT2D eigenvalue weighted by Crippen LogP contribution is 2.28. The maximum atomic E-state index is 11.1. The number of hydrazine groups is 1. The topological polar surface area (TPSA) is 87.7 Å². The van der Waals surface area contributed by atoms with Crippen molar-refractivity contribution in [2.75, 3.05) is 32.6 Å². The molecule has 7 nitrogen and oxygen atoms in total. The molecule has 0 spiro atoms. The lowest BCUT2D eigenvalue weighted by Gasteiger charge is -2.30. The lowest BCUT2D eigenvalue weighted by molar-refractivity contribution is -0.384. The van der Waals surface area contributed by atoms with Gasteiger partial charge in [0.15, 0.2) is 0 Å². The molecule has 0 aliphatic carbocycles. The van der Waals surface area contributed by atoms with Gasteiger partial charge in [-0.15, -0.1) is 0 Å². The minimum Gasteiger partial charge on any atom is -0.318 e. The third-order valence-corrected chi connectivity index (χ3v) is 3.50. The van der Waals surface area contributed by atoms with Gasteiger partial charge in [-0.05, 0) is 33.1 Å². The van der Waals surface area contributed by atoms with Crippen molar-refractivity contribution in [3.8, 4) is 0 Å². The fourth-order valence-corrected chi connectivity index (χ4v) is 2.48. The van der Waals surface area contributed by atoms with Crippen LogP contribution in [0.1, 0.15) is 19.4 Å². The Hall–Kier alpha value is -1.70. The number of nitrogens with zero attached hydrogens (tertiary/aromatic N) is 3. The van der Waals surface area contributed by atoms with E-state index >= 15 is 0 Å². The summed E-state index contributed by atoms with van der Waals surface area (Å²) in [5.41, 5.74) is 3.70. The fraction of sp³-hybridized carbons (Fsp3) is 0.571. The number of nitrogens with one attached hydrogen (secondary N) is 1. The van der Waals surface area contributed by atoms with Crippen molar-refractivity contribution < 1.29 is 4.92 Å². The van der Waals surface area contributed by atoms with Gasteiger partial charge in [-0.25, -0.2) is 0 Å². The van der Waals surface area contributed by atoms with Gasteiger partial charge in [0.25, 0.3) is 5.69 Å². The molecule has 0 radical (unpaired) electrons. The first kappa shape index (κ1) is 17.4. The number of likely N-dealkylation sites (N-methyl/N-ethyl adjacent to an activating group) is 2. The van der Waals surface area contributed by atoms with Crippen LogP contribution in [0.3, 0.4) is 0 Å². The first-order valence-corrected chi connectivity index (χ1v) is 7.02. The number of hydrogen-bond acceptors (Lipinski definition) is 6. The molecule has 0 saturated carbocycles. The van der Waals surface area contributed by atoms with Crippen molar-refractivity contribution in [2.24, 2.45) is 5.84 Å². The van der Waals surface area contributed by atoms with Crippen LogP contribution in [0.5, 0.6) is 0 Å². The zero-order valence-corrected chi connectivity index (χ0v) is 13.2.